The fourth-order valence-corrected chi connectivity index (χ4v) is 3.65. The van der Waals surface area contributed by atoms with E-state index in [1.807, 2.05) is 48.7 Å². The van der Waals surface area contributed by atoms with Gasteiger partial charge < -0.3 is 10.2 Å². The van der Waals surface area contributed by atoms with Crippen LogP contribution in [0.4, 0.5) is 23.7 Å². The molecule has 35 heavy (non-hydrogen) atoms. The van der Waals surface area contributed by atoms with Crippen LogP contribution in [0.1, 0.15) is 11.3 Å². The monoisotopic (exact) mass is 483 g/mol. The predicted octanol–water partition coefficient (Wildman–Crippen LogP) is 4.85. The van der Waals surface area contributed by atoms with Gasteiger partial charge in [-0.1, -0.05) is 12.1 Å². The Morgan fingerprint density at radius 2 is 1.94 bits per heavy atom. The summed E-state index contributed by atoms with van der Waals surface area (Å²) >= 11 is 0. The minimum absolute atomic E-state index is 0.0450. The van der Waals surface area contributed by atoms with Crippen molar-refractivity contribution >= 4 is 23.8 Å². The molecule has 0 aliphatic carbocycles. The Morgan fingerprint density at radius 1 is 1.14 bits per heavy atom. The Labute approximate surface area is 197 Å². The zero-order chi connectivity index (χ0) is 25.2. The number of benzene rings is 1. The maximum Gasteiger partial charge on any atom is 0.405 e. The number of hydrogen-bond acceptors (Lipinski definition) is 5. The lowest BCUT2D eigenvalue weighted by molar-refractivity contribution is -0.129. The molecule has 4 rings (SSSR count). The average Bonchev–Trinajstić information content (AvgIpc) is 3.23. The van der Waals surface area contributed by atoms with E-state index in [2.05, 4.69) is 14.8 Å². The average molecular weight is 483 g/mol. The normalized spacial score (nSPS) is 11.3. The van der Waals surface area contributed by atoms with Gasteiger partial charge in [-0.25, -0.2) is 9.78 Å². The van der Waals surface area contributed by atoms with Crippen LogP contribution in [-0.2, 0) is 9.63 Å². The highest BCUT2D eigenvalue weighted by Crippen LogP contribution is 2.28. The number of pyridine rings is 2. The van der Waals surface area contributed by atoms with E-state index in [1.165, 1.54) is 12.1 Å². The van der Waals surface area contributed by atoms with Crippen molar-refractivity contribution in [1.82, 2.24) is 19.7 Å². The van der Waals surface area contributed by atoms with Crippen LogP contribution in [0.15, 0.2) is 60.9 Å². The van der Waals surface area contributed by atoms with Crippen LogP contribution in [0.3, 0.4) is 0 Å². The molecule has 0 spiro atoms. The molecule has 0 aliphatic heterocycles. The zero-order valence-electron chi connectivity index (χ0n) is 18.7. The predicted molar refractivity (Wildman–Crippen MR) is 122 cm³/mol. The molecule has 0 atom stereocenters. The molecule has 3 aromatic heterocycles. The van der Waals surface area contributed by atoms with E-state index in [9.17, 15) is 22.8 Å². The van der Waals surface area contributed by atoms with Crippen LogP contribution in [0, 0.1) is 13.8 Å². The topological polar surface area (TPSA) is 88.8 Å². The number of aryl methyl sites for hydroxylation is 2. The van der Waals surface area contributed by atoms with Crippen molar-refractivity contribution < 1.29 is 27.6 Å². The van der Waals surface area contributed by atoms with Crippen molar-refractivity contribution in [2.75, 3.05) is 11.6 Å². The Balaban J connectivity index is 1.66. The van der Waals surface area contributed by atoms with Crippen molar-refractivity contribution in [1.29, 1.82) is 0 Å². The highest BCUT2D eigenvalue weighted by molar-refractivity contribution is 5.91. The van der Waals surface area contributed by atoms with Crippen LogP contribution >= 0.6 is 0 Å². The number of nitrogens with one attached hydrogen (secondary N) is 1. The van der Waals surface area contributed by atoms with Crippen LogP contribution < -0.4 is 10.4 Å². The maximum absolute atomic E-state index is 12.5. The van der Waals surface area contributed by atoms with Gasteiger partial charge in [0.15, 0.2) is 0 Å². The molecule has 11 heteroatoms. The summed E-state index contributed by atoms with van der Waals surface area (Å²) < 4.78 is 39.3. The Hall–Kier alpha value is -4.41. The summed E-state index contributed by atoms with van der Waals surface area (Å²) in [6.45, 7) is 2.31. The highest BCUT2D eigenvalue weighted by atomic mass is 19.4. The largest absolute Gasteiger partial charge is 0.405 e. The lowest BCUT2D eigenvalue weighted by Crippen LogP contribution is -2.43. The molecule has 2 amide bonds. The first-order valence-electron chi connectivity index (χ1n) is 10.4. The van der Waals surface area contributed by atoms with E-state index in [-0.39, 0.29) is 12.2 Å². The second-order valence-corrected chi connectivity index (χ2v) is 7.78. The first-order valence-corrected chi connectivity index (χ1v) is 10.4. The Bertz CT molecular complexity index is 1380. The third kappa shape index (κ3) is 5.40. The summed E-state index contributed by atoms with van der Waals surface area (Å²) in [5.74, 6) is 0. The number of urea groups is 1. The molecule has 4 aromatic rings. The van der Waals surface area contributed by atoms with Crippen molar-refractivity contribution in [2.24, 2.45) is 0 Å². The fourth-order valence-electron chi connectivity index (χ4n) is 3.65. The molecular formula is C24H20F3N5O3. The molecule has 0 fully saturated rings. The van der Waals surface area contributed by atoms with Gasteiger partial charge in [0, 0.05) is 23.0 Å². The minimum Gasteiger partial charge on any atom is -0.335 e. The number of amides is 2. The van der Waals surface area contributed by atoms with Crippen LogP contribution in [0.2, 0.25) is 0 Å². The van der Waals surface area contributed by atoms with Crippen molar-refractivity contribution in [3.63, 3.8) is 0 Å². The van der Waals surface area contributed by atoms with Gasteiger partial charge in [0.05, 0.1) is 23.3 Å². The summed E-state index contributed by atoms with van der Waals surface area (Å²) in [7, 11) is 0. The molecule has 3 heterocycles. The quantitative estimate of drug-likeness (QED) is 0.313. The number of hydroxylamine groups is 1. The van der Waals surface area contributed by atoms with Crippen LogP contribution in [0.5, 0.6) is 0 Å². The second-order valence-electron chi connectivity index (χ2n) is 7.78. The lowest BCUT2D eigenvalue weighted by atomic mass is 10.1. The Morgan fingerprint density at radius 3 is 2.66 bits per heavy atom. The zero-order valence-corrected chi connectivity index (χ0v) is 18.7. The molecule has 1 aromatic carbocycles. The molecule has 0 radical (unpaired) electrons. The molecule has 0 aliphatic rings. The van der Waals surface area contributed by atoms with E-state index in [4.69, 9.17) is 0 Å². The van der Waals surface area contributed by atoms with Gasteiger partial charge in [0.25, 0.3) is 0 Å². The van der Waals surface area contributed by atoms with Gasteiger partial charge in [-0.2, -0.15) is 13.2 Å². The van der Waals surface area contributed by atoms with E-state index >= 15 is 0 Å². The number of carbonyl (C=O) groups is 2. The number of aromatic nitrogens is 3. The summed E-state index contributed by atoms with van der Waals surface area (Å²) in [5.41, 5.74) is 5.66. The van der Waals surface area contributed by atoms with Gasteiger partial charge in [0.2, 0.25) is 0 Å². The van der Waals surface area contributed by atoms with Crippen molar-refractivity contribution in [3.05, 3.63) is 72.2 Å². The number of halogens is 3. The standard InChI is InChI=1S/C24H20F3N5O3/c1-15-8-16(2)30-20(9-15)17-6-7-31-21(12-28-22(31)11-17)18-4-3-5-19(10-18)32(35-14-33)23(34)29-13-24(25,26)27/h3-12,14H,13H2,1-2H3,(H,29,34). The molecule has 8 nitrogen and oxygen atoms in total. The third-order valence-corrected chi connectivity index (χ3v) is 5.06. The molecule has 0 saturated carbocycles. The van der Waals surface area contributed by atoms with Crippen molar-refractivity contribution in [2.45, 2.75) is 20.0 Å². The summed E-state index contributed by atoms with van der Waals surface area (Å²) in [6, 6.07) is 12.8. The highest BCUT2D eigenvalue weighted by Gasteiger charge is 2.30. The van der Waals surface area contributed by atoms with E-state index < -0.39 is 18.8 Å². The molecule has 180 valence electrons. The van der Waals surface area contributed by atoms with E-state index in [0.717, 1.165) is 22.5 Å². The smallest absolute Gasteiger partial charge is 0.335 e. The first-order chi connectivity index (χ1) is 16.6. The number of anilines is 1. The van der Waals surface area contributed by atoms with Crippen LogP contribution in [-0.4, -0.2) is 39.6 Å². The number of alkyl halides is 3. The molecule has 0 unspecified atom stereocenters. The second kappa shape index (κ2) is 9.45. The molecule has 0 saturated heterocycles. The number of hydrogen-bond donors (Lipinski definition) is 1. The van der Waals surface area contributed by atoms with Crippen molar-refractivity contribution in [3.8, 4) is 22.5 Å². The summed E-state index contributed by atoms with van der Waals surface area (Å²) in [6.07, 6.45) is -1.16. The molecule has 1 N–H and O–H groups in total. The molecule has 0 bridgehead atoms. The Kier molecular flexibility index (Phi) is 6.41. The SMILES string of the molecule is Cc1cc(C)nc(-c2ccn3c(-c4cccc(N(OC=O)C(=O)NCC(F)(F)F)c4)cnc3c2)c1. The summed E-state index contributed by atoms with van der Waals surface area (Å²) in [4.78, 5) is 36.8. The maximum atomic E-state index is 12.5. The van der Waals surface area contributed by atoms with Gasteiger partial charge in [-0.15, -0.1) is 5.06 Å². The minimum atomic E-state index is -4.62. The van der Waals surface area contributed by atoms with Gasteiger partial charge >= 0.3 is 18.7 Å². The third-order valence-electron chi connectivity index (χ3n) is 5.06. The lowest BCUT2D eigenvalue weighted by Gasteiger charge is -2.20. The number of fused-ring (bicyclic) bond motifs is 1. The first kappa shape index (κ1) is 23.7. The van der Waals surface area contributed by atoms with Gasteiger partial charge in [-0.3, -0.25) is 14.2 Å². The molecular weight excluding hydrogens is 463 g/mol. The number of rotatable bonds is 6. The van der Waals surface area contributed by atoms with E-state index in [1.54, 1.807) is 23.6 Å². The van der Waals surface area contributed by atoms with Crippen LogP contribution in [0.25, 0.3) is 28.2 Å². The van der Waals surface area contributed by atoms with E-state index in [0.29, 0.717) is 22.0 Å². The summed E-state index contributed by atoms with van der Waals surface area (Å²) in [5, 5.41) is 2.13. The fraction of sp³-hybridized carbons (Fsp3) is 0.167. The number of imidazole rings is 1. The van der Waals surface area contributed by atoms with Gasteiger partial charge in [0.1, 0.15) is 12.2 Å². The number of carbonyl (C=O) groups excluding carboxylic acids is 2. The number of nitrogens with zero attached hydrogens (tertiary/aromatic N) is 4. The van der Waals surface area contributed by atoms with Gasteiger partial charge in [-0.05, 0) is 55.8 Å².